The molecule has 0 unspecified atom stereocenters. The topological polar surface area (TPSA) is 86.8 Å². The Hall–Kier alpha value is -3.01. The molecule has 0 bridgehead atoms. The smallest absolute Gasteiger partial charge is 0.242 e. The highest BCUT2D eigenvalue weighted by Crippen LogP contribution is 2.22. The fourth-order valence-corrected chi connectivity index (χ4v) is 4.36. The van der Waals surface area contributed by atoms with E-state index in [0.717, 1.165) is 33.8 Å². The van der Waals surface area contributed by atoms with Gasteiger partial charge in [0.05, 0.1) is 11.9 Å². The Balaban J connectivity index is 2.17. The summed E-state index contributed by atoms with van der Waals surface area (Å²) in [6.07, 6.45) is 1.03. The second kappa shape index (κ2) is 11.2. The zero-order chi connectivity index (χ0) is 24.8. The van der Waals surface area contributed by atoms with Gasteiger partial charge in [-0.15, -0.1) is 0 Å². The van der Waals surface area contributed by atoms with Crippen LogP contribution in [0.5, 0.6) is 0 Å². The average molecular weight is 482 g/mol. The third-order valence-corrected chi connectivity index (χ3v) is 6.55. The highest BCUT2D eigenvalue weighted by atomic mass is 32.2. The SMILES string of the molecule is CNC(=O)[C@H](C)N(Cc1ccccc1C)C(=O)CCCN(c1ccc(F)c(F)c1)S(C)(=O)=O. The molecule has 0 spiro atoms. The Morgan fingerprint density at radius 2 is 1.76 bits per heavy atom. The molecule has 0 saturated carbocycles. The van der Waals surface area contributed by atoms with Crippen molar-refractivity contribution in [3.63, 3.8) is 0 Å². The van der Waals surface area contributed by atoms with Crippen LogP contribution in [0.4, 0.5) is 14.5 Å². The zero-order valence-electron chi connectivity index (χ0n) is 19.1. The predicted octanol–water partition coefficient (Wildman–Crippen LogP) is 2.98. The van der Waals surface area contributed by atoms with E-state index in [-0.39, 0.29) is 43.4 Å². The summed E-state index contributed by atoms with van der Waals surface area (Å²) in [7, 11) is -2.31. The molecule has 180 valence electrons. The van der Waals surface area contributed by atoms with Gasteiger partial charge >= 0.3 is 0 Å². The largest absolute Gasteiger partial charge is 0.357 e. The van der Waals surface area contributed by atoms with Crippen LogP contribution in [0.25, 0.3) is 0 Å². The molecule has 1 atom stereocenters. The number of anilines is 1. The number of sulfonamides is 1. The Morgan fingerprint density at radius 3 is 2.33 bits per heavy atom. The normalized spacial score (nSPS) is 12.2. The molecule has 2 aromatic rings. The van der Waals surface area contributed by atoms with Gasteiger partial charge in [0, 0.05) is 32.6 Å². The third-order valence-electron chi connectivity index (χ3n) is 5.36. The Bertz CT molecular complexity index is 1110. The molecule has 0 fully saturated rings. The van der Waals surface area contributed by atoms with E-state index in [1.54, 1.807) is 6.92 Å². The van der Waals surface area contributed by atoms with Crippen molar-refractivity contribution in [1.82, 2.24) is 10.2 Å². The number of carbonyl (C=O) groups excluding carboxylic acids is 2. The Morgan fingerprint density at radius 1 is 1.09 bits per heavy atom. The Kier molecular flexibility index (Phi) is 8.92. The van der Waals surface area contributed by atoms with Crippen LogP contribution < -0.4 is 9.62 Å². The van der Waals surface area contributed by atoms with E-state index in [2.05, 4.69) is 5.32 Å². The number of aryl methyl sites for hydroxylation is 1. The average Bonchev–Trinajstić information content (AvgIpc) is 2.76. The van der Waals surface area contributed by atoms with E-state index < -0.39 is 27.7 Å². The van der Waals surface area contributed by atoms with Crippen molar-refractivity contribution in [3.05, 3.63) is 65.2 Å². The number of halogens is 2. The fourth-order valence-electron chi connectivity index (χ4n) is 3.41. The lowest BCUT2D eigenvalue weighted by Crippen LogP contribution is -2.47. The van der Waals surface area contributed by atoms with Gasteiger partial charge in [-0.1, -0.05) is 24.3 Å². The summed E-state index contributed by atoms with van der Waals surface area (Å²) in [5.74, 6) is -2.90. The van der Waals surface area contributed by atoms with E-state index in [0.29, 0.717) is 0 Å². The molecule has 10 heteroatoms. The van der Waals surface area contributed by atoms with Crippen molar-refractivity contribution < 1.29 is 26.8 Å². The van der Waals surface area contributed by atoms with Crippen molar-refractivity contribution in [3.8, 4) is 0 Å². The number of carbonyl (C=O) groups is 2. The molecule has 33 heavy (non-hydrogen) atoms. The van der Waals surface area contributed by atoms with Crippen LogP contribution in [-0.2, 0) is 26.2 Å². The first-order chi connectivity index (χ1) is 15.5. The summed E-state index contributed by atoms with van der Waals surface area (Å²) in [4.78, 5) is 26.7. The first-order valence-electron chi connectivity index (χ1n) is 10.4. The quantitative estimate of drug-likeness (QED) is 0.565. The van der Waals surface area contributed by atoms with E-state index in [1.165, 1.54) is 18.0 Å². The molecule has 0 aliphatic carbocycles. The van der Waals surface area contributed by atoms with Gasteiger partial charge in [-0.2, -0.15) is 0 Å². The van der Waals surface area contributed by atoms with Gasteiger partial charge in [0.2, 0.25) is 21.8 Å². The molecule has 2 amide bonds. The lowest BCUT2D eigenvalue weighted by Gasteiger charge is -2.29. The molecule has 2 aromatic carbocycles. The minimum Gasteiger partial charge on any atom is -0.357 e. The van der Waals surface area contributed by atoms with Crippen LogP contribution >= 0.6 is 0 Å². The van der Waals surface area contributed by atoms with Crippen molar-refractivity contribution >= 4 is 27.5 Å². The first kappa shape index (κ1) is 26.2. The summed E-state index contributed by atoms with van der Waals surface area (Å²) in [6.45, 7) is 3.65. The molecule has 0 heterocycles. The highest BCUT2D eigenvalue weighted by Gasteiger charge is 2.26. The molecular formula is C23H29F2N3O4S. The molecule has 0 aliphatic heterocycles. The van der Waals surface area contributed by atoms with Crippen LogP contribution in [0.1, 0.15) is 30.9 Å². The molecule has 0 saturated heterocycles. The van der Waals surface area contributed by atoms with Gasteiger partial charge < -0.3 is 10.2 Å². The number of likely N-dealkylation sites (N-methyl/N-ethyl adjacent to an activating group) is 1. The number of hydrogen-bond acceptors (Lipinski definition) is 4. The summed E-state index contributed by atoms with van der Waals surface area (Å²) < 4.78 is 52.2. The summed E-state index contributed by atoms with van der Waals surface area (Å²) in [5.41, 5.74) is 1.83. The minimum atomic E-state index is -3.80. The molecule has 1 N–H and O–H groups in total. The number of nitrogens with zero attached hydrogens (tertiary/aromatic N) is 2. The first-order valence-corrected chi connectivity index (χ1v) is 12.3. The van der Waals surface area contributed by atoms with Crippen molar-refractivity contribution in [2.45, 2.75) is 39.3 Å². The minimum absolute atomic E-state index is 0.0284. The van der Waals surface area contributed by atoms with E-state index >= 15 is 0 Å². The predicted molar refractivity (Wildman–Crippen MR) is 123 cm³/mol. The Labute approximate surface area is 193 Å². The van der Waals surface area contributed by atoms with Crippen LogP contribution in [0.15, 0.2) is 42.5 Å². The van der Waals surface area contributed by atoms with Crippen LogP contribution in [-0.4, -0.2) is 51.0 Å². The number of amides is 2. The molecule has 0 aromatic heterocycles. The van der Waals surface area contributed by atoms with Crippen LogP contribution in [0.2, 0.25) is 0 Å². The van der Waals surface area contributed by atoms with Crippen molar-refractivity contribution in [2.24, 2.45) is 0 Å². The maximum Gasteiger partial charge on any atom is 0.242 e. The number of benzene rings is 2. The van der Waals surface area contributed by atoms with E-state index in [4.69, 9.17) is 0 Å². The number of hydrogen-bond donors (Lipinski definition) is 1. The van der Waals surface area contributed by atoms with Gasteiger partial charge in [0.25, 0.3) is 0 Å². The molecule has 2 rings (SSSR count). The number of rotatable bonds is 10. The second-order valence-electron chi connectivity index (χ2n) is 7.78. The maximum absolute atomic E-state index is 13.6. The molecule has 0 radical (unpaired) electrons. The van der Waals surface area contributed by atoms with Gasteiger partial charge in [0.15, 0.2) is 11.6 Å². The number of nitrogens with one attached hydrogen (secondary N) is 1. The van der Waals surface area contributed by atoms with E-state index in [1.807, 2.05) is 31.2 Å². The summed E-state index contributed by atoms with van der Waals surface area (Å²) in [6, 6.07) is 9.60. The van der Waals surface area contributed by atoms with Gasteiger partial charge in [-0.05, 0) is 43.5 Å². The lowest BCUT2D eigenvalue weighted by atomic mass is 10.1. The van der Waals surface area contributed by atoms with Crippen LogP contribution in [0, 0.1) is 18.6 Å². The standard InChI is InChI=1S/C23H29F2N3O4S/c1-16-8-5-6-9-18(16)15-27(17(2)23(30)26-3)22(29)10-7-13-28(33(4,31)32)19-11-12-20(24)21(25)14-19/h5-6,8-9,11-12,14,17H,7,10,13,15H2,1-4H3,(H,26,30)/t17-/m0/s1. The monoisotopic (exact) mass is 481 g/mol. The summed E-state index contributed by atoms with van der Waals surface area (Å²) in [5, 5.41) is 2.54. The summed E-state index contributed by atoms with van der Waals surface area (Å²) >= 11 is 0. The highest BCUT2D eigenvalue weighted by molar-refractivity contribution is 7.92. The maximum atomic E-state index is 13.6. The molecular weight excluding hydrogens is 452 g/mol. The van der Waals surface area contributed by atoms with Crippen molar-refractivity contribution in [2.75, 3.05) is 24.2 Å². The third kappa shape index (κ3) is 6.98. The van der Waals surface area contributed by atoms with Gasteiger partial charge in [0.1, 0.15) is 6.04 Å². The second-order valence-corrected chi connectivity index (χ2v) is 9.68. The molecule has 0 aliphatic rings. The fraction of sp³-hybridized carbons (Fsp3) is 0.391. The van der Waals surface area contributed by atoms with Gasteiger partial charge in [-0.25, -0.2) is 17.2 Å². The van der Waals surface area contributed by atoms with Gasteiger partial charge in [-0.3, -0.25) is 13.9 Å². The van der Waals surface area contributed by atoms with Crippen LogP contribution in [0.3, 0.4) is 0 Å². The lowest BCUT2D eigenvalue weighted by molar-refractivity contribution is -0.140. The van der Waals surface area contributed by atoms with E-state index in [9.17, 15) is 26.8 Å². The molecule has 7 nitrogen and oxygen atoms in total. The zero-order valence-corrected chi connectivity index (χ0v) is 20.0. The van der Waals surface area contributed by atoms with Crippen molar-refractivity contribution in [1.29, 1.82) is 0 Å².